The van der Waals surface area contributed by atoms with Crippen LogP contribution in [0.5, 0.6) is 0 Å². The first kappa shape index (κ1) is 20.4. The smallest absolute Gasteiger partial charge is 0.226 e. The van der Waals surface area contributed by atoms with E-state index in [1.807, 2.05) is 43.3 Å². The number of amides is 1. The van der Waals surface area contributed by atoms with E-state index < -0.39 is 5.95 Å². The third-order valence-corrected chi connectivity index (χ3v) is 4.93. The van der Waals surface area contributed by atoms with E-state index in [4.69, 9.17) is 0 Å². The maximum Gasteiger partial charge on any atom is 0.226 e. The van der Waals surface area contributed by atoms with E-state index in [2.05, 4.69) is 4.98 Å². The Morgan fingerprint density at radius 3 is 2.17 bits per heavy atom. The number of anilines is 1. The first-order valence-corrected chi connectivity index (χ1v) is 9.59. The highest BCUT2D eigenvalue weighted by molar-refractivity contribution is 5.96. The Balaban J connectivity index is 1.66. The maximum atomic E-state index is 13.6. The van der Waals surface area contributed by atoms with Crippen molar-refractivity contribution in [2.24, 2.45) is 0 Å². The van der Waals surface area contributed by atoms with Crippen LogP contribution in [-0.2, 0) is 11.2 Å². The molecule has 3 aromatic rings. The highest BCUT2D eigenvalue weighted by Crippen LogP contribution is 2.24. The van der Waals surface area contributed by atoms with E-state index in [0.717, 1.165) is 16.8 Å². The van der Waals surface area contributed by atoms with Gasteiger partial charge in [-0.25, -0.2) is 4.98 Å². The summed E-state index contributed by atoms with van der Waals surface area (Å²) in [6.45, 7) is 1.84. The van der Waals surface area contributed by atoms with Crippen LogP contribution < -0.4 is 4.90 Å². The van der Waals surface area contributed by atoms with Crippen LogP contribution in [-0.4, -0.2) is 23.7 Å². The SMILES string of the molecule is CCC(=O)N(C)c1ccc(-c2ccc(C(=O)CCc3cccnc3F)cc2)cc1. The van der Waals surface area contributed by atoms with Crippen LogP contribution in [0.15, 0.2) is 66.9 Å². The molecule has 2 aromatic carbocycles. The lowest BCUT2D eigenvalue weighted by Gasteiger charge is -2.16. The van der Waals surface area contributed by atoms with Crippen LogP contribution in [0, 0.1) is 5.95 Å². The van der Waals surface area contributed by atoms with Crippen LogP contribution >= 0.6 is 0 Å². The number of ketones is 1. The van der Waals surface area contributed by atoms with Crippen molar-refractivity contribution in [2.45, 2.75) is 26.2 Å². The number of aryl methyl sites for hydroxylation is 1. The molecule has 0 aliphatic carbocycles. The summed E-state index contributed by atoms with van der Waals surface area (Å²) < 4.78 is 13.6. The Morgan fingerprint density at radius 1 is 0.966 bits per heavy atom. The molecule has 0 spiro atoms. The van der Waals surface area contributed by atoms with Crippen molar-refractivity contribution in [1.29, 1.82) is 0 Å². The Labute approximate surface area is 170 Å². The number of carbonyl (C=O) groups is 2. The van der Waals surface area contributed by atoms with Gasteiger partial charge in [-0.3, -0.25) is 9.59 Å². The molecule has 0 fully saturated rings. The molecular formula is C24H23FN2O2. The molecular weight excluding hydrogens is 367 g/mol. The quantitative estimate of drug-likeness (QED) is 0.418. The molecule has 1 aromatic heterocycles. The van der Waals surface area contributed by atoms with Crippen molar-refractivity contribution < 1.29 is 14.0 Å². The number of nitrogens with zero attached hydrogens (tertiary/aromatic N) is 2. The summed E-state index contributed by atoms with van der Waals surface area (Å²) in [7, 11) is 1.76. The molecule has 1 heterocycles. The molecule has 0 aliphatic heterocycles. The molecule has 0 unspecified atom stereocenters. The van der Waals surface area contributed by atoms with E-state index >= 15 is 0 Å². The summed E-state index contributed by atoms with van der Waals surface area (Å²) in [5.74, 6) is -0.494. The summed E-state index contributed by atoms with van der Waals surface area (Å²) >= 11 is 0. The van der Waals surface area contributed by atoms with E-state index in [9.17, 15) is 14.0 Å². The van der Waals surface area contributed by atoms with Crippen LogP contribution in [0.3, 0.4) is 0 Å². The monoisotopic (exact) mass is 390 g/mol. The van der Waals surface area contributed by atoms with Crippen LogP contribution in [0.4, 0.5) is 10.1 Å². The average molecular weight is 390 g/mol. The minimum absolute atomic E-state index is 0.0325. The molecule has 0 saturated carbocycles. The highest BCUT2D eigenvalue weighted by atomic mass is 19.1. The second kappa shape index (κ2) is 9.24. The summed E-state index contributed by atoms with van der Waals surface area (Å²) in [5.41, 5.74) is 3.88. The molecule has 0 N–H and O–H groups in total. The Bertz CT molecular complexity index is 998. The Hall–Kier alpha value is -3.34. The zero-order chi connectivity index (χ0) is 20.8. The minimum atomic E-state index is -0.523. The largest absolute Gasteiger partial charge is 0.316 e. The van der Waals surface area contributed by atoms with Gasteiger partial charge < -0.3 is 4.90 Å². The van der Waals surface area contributed by atoms with Crippen molar-refractivity contribution in [1.82, 2.24) is 4.98 Å². The van der Waals surface area contributed by atoms with Gasteiger partial charge in [0.15, 0.2) is 5.78 Å². The highest BCUT2D eigenvalue weighted by Gasteiger charge is 2.11. The van der Waals surface area contributed by atoms with E-state index in [1.54, 1.807) is 36.2 Å². The van der Waals surface area contributed by atoms with Gasteiger partial charge in [-0.15, -0.1) is 0 Å². The predicted molar refractivity (Wildman–Crippen MR) is 112 cm³/mol. The maximum absolute atomic E-state index is 13.6. The van der Waals surface area contributed by atoms with E-state index in [1.165, 1.54) is 6.20 Å². The lowest BCUT2D eigenvalue weighted by atomic mass is 9.99. The van der Waals surface area contributed by atoms with E-state index in [-0.39, 0.29) is 18.1 Å². The fourth-order valence-electron chi connectivity index (χ4n) is 3.11. The number of benzene rings is 2. The molecule has 0 atom stereocenters. The molecule has 148 valence electrons. The minimum Gasteiger partial charge on any atom is -0.316 e. The Morgan fingerprint density at radius 2 is 1.59 bits per heavy atom. The molecule has 29 heavy (non-hydrogen) atoms. The number of pyridine rings is 1. The van der Waals surface area contributed by atoms with Crippen LogP contribution in [0.2, 0.25) is 0 Å². The number of carbonyl (C=O) groups excluding carboxylic acids is 2. The van der Waals surface area contributed by atoms with Crippen molar-refractivity contribution in [2.75, 3.05) is 11.9 Å². The van der Waals surface area contributed by atoms with Gasteiger partial charge in [-0.1, -0.05) is 49.4 Å². The summed E-state index contributed by atoms with van der Waals surface area (Å²) in [5, 5.41) is 0. The van der Waals surface area contributed by atoms with Crippen molar-refractivity contribution >= 4 is 17.4 Å². The van der Waals surface area contributed by atoms with Gasteiger partial charge in [0, 0.05) is 42.9 Å². The number of aromatic nitrogens is 1. The van der Waals surface area contributed by atoms with Gasteiger partial charge in [-0.05, 0) is 35.7 Å². The molecule has 0 radical (unpaired) electrons. The third kappa shape index (κ3) is 4.93. The molecule has 0 saturated heterocycles. The van der Waals surface area contributed by atoms with Gasteiger partial charge >= 0.3 is 0 Å². The molecule has 0 bridgehead atoms. The number of hydrogen-bond donors (Lipinski definition) is 0. The van der Waals surface area contributed by atoms with Gasteiger partial charge in [-0.2, -0.15) is 4.39 Å². The number of Topliss-reactive ketones (excluding diaryl/α,β-unsaturated/α-hetero) is 1. The lowest BCUT2D eigenvalue weighted by Crippen LogP contribution is -2.24. The van der Waals surface area contributed by atoms with Gasteiger partial charge in [0.05, 0.1) is 0 Å². The average Bonchev–Trinajstić information content (AvgIpc) is 2.77. The third-order valence-electron chi connectivity index (χ3n) is 4.93. The zero-order valence-corrected chi connectivity index (χ0v) is 16.6. The summed E-state index contributed by atoms with van der Waals surface area (Å²) in [4.78, 5) is 29.5. The van der Waals surface area contributed by atoms with Gasteiger partial charge in [0.25, 0.3) is 0 Å². The zero-order valence-electron chi connectivity index (χ0n) is 16.6. The van der Waals surface area contributed by atoms with Gasteiger partial charge in [0.1, 0.15) is 0 Å². The number of halogens is 1. The topological polar surface area (TPSA) is 50.3 Å². The summed E-state index contributed by atoms with van der Waals surface area (Å²) in [6.07, 6.45) is 2.41. The first-order chi connectivity index (χ1) is 14.0. The van der Waals surface area contributed by atoms with Crippen molar-refractivity contribution in [3.05, 3.63) is 83.9 Å². The van der Waals surface area contributed by atoms with Crippen molar-refractivity contribution in [3.63, 3.8) is 0 Å². The normalized spacial score (nSPS) is 10.6. The molecule has 0 aliphatic rings. The standard InChI is InChI=1S/C24H23FN2O2/c1-3-23(29)27(2)21-13-10-18(11-14-21)17-6-8-19(9-7-17)22(28)15-12-20-5-4-16-26-24(20)25/h4-11,13-14,16H,3,12,15H2,1-2H3. The predicted octanol–water partition coefficient (Wildman–Crippen LogP) is 5.08. The van der Waals surface area contributed by atoms with Crippen LogP contribution in [0.1, 0.15) is 35.7 Å². The number of hydrogen-bond acceptors (Lipinski definition) is 3. The second-order valence-electron chi connectivity index (χ2n) is 6.81. The molecule has 3 rings (SSSR count). The fourth-order valence-corrected chi connectivity index (χ4v) is 3.11. The second-order valence-corrected chi connectivity index (χ2v) is 6.81. The molecule has 4 nitrogen and oxygen atoms in total. The lowest BCUT2D eigenvalue weighted by molar-refractivity contribution is -0.118. The van der Waals surface area contributed by atoms with Gasteiger partial charge in [0.2, 0.25) is 11.9 Å². The Kier molecular flexibility index (Phi) is 6.50. The summed E-state index contributed by atoms with van der Waals surface area (Å²) in [6, 6.07) is 18.4. The van der Waals surface area contributed by atoms with Crippen molar-refractivity contribution in [3.8, 4) is 11.1 Å². The first-order valence-electron chi connectivity index (χ1n) is 9.59. The number of rotatable bonds is 7. The molecule has 5 heteroatoms. The van der Waals surface area contributed by atoms with Crippen LogP contribution in [0.25, 0.3) is 11.1 Å². The van der Waals surface area contributed by atoms with E-state index in [0.29, 0.717) is 24.0 Å². The molecule has 1 amide bonds. The fraction of sp³-hybridized carbons (Fsp3) is 0.208.